The van der Waals surface area contributed by atoms with E-state index in [0.29, 0.717) is 29.5 Å². The molecule has 28 heavy (non-hydrogen) atoms. The van der Waals surface area contributed by atoms with Gasteiger partial charge in [-0.05, 0) is 42.8 Å². The number of hydrogen-bond acceptors (Lipinski definition) is 5. The Hall–Kier alpha value is -2.77. The van der Waals surface area contributed by atoms with Crippen molar-refractivity contribution >= 4 is 23.4 Å². The number of carbonyl (C=O) groups is 2. The highest BCUT2D eigenvalue weighted by Gasteiger charge is 2.29. The summed E-state index contributed by atoms with van der Waals surface area (Å²) in [5.74, 6) is -0.419. The number of rotatable bonds is 4. The van der Waals surface area contributed by atoms with E-state index in [1.165, 1.54) is 6.08 Å². The summed E-state index contributed by atoms with van der Waals surface area (Å²) in [6.45, 7) is 6.37. The van der Waals surface area contributed by atoms with Crippen LogP contribution in [-0.2, 0) is 9.53 Å². The topological polar surface area (TPSA) is 84.4 Å². The number of carbonyl (C=O) groups excluding carboxylic acids is 2. The van der Waals surface area contributed by atoms with Gasteiger partial charge in [0.2, 0.25) is 5.91 Å². The molecule has 3 heterocycles. The van der Waals surface area contributed by atoms with Gasteiger partial charge < -0.3 is 15.0 Å². The SMILES string of the molecule is C=CC(=O)N1C[C@@H](C)O[C@H](c2cc(Cl)nc(-c3ccnc(C(=O)NC)c3)c2)C1. The zero-order valence-electron chi connectivity index (χ0n) is 15.7. The maximum Gasteiger partial charge on any atom is 0.269 e. The Bertz CT molecular complexity index is 918. The Kier molecular flexibility index (Phi) is 6.06. The fourth-order valence-corrected chi connectivity index (χ4v) is 3.35. The van der Waals surface area contributed by atoms with Gasteiger partial charge in [-0.3, -0.25) is 14.6 Å². The van der Waals surface area contributed by atoms with Crippen LogP contribution in [0.25, 0.3) is 11.3 Å². The van der Waals surface area contributed by atoms with E-state index in [1.54, 1.807) is 36.3 Å². The van der Waals surface area contributed by atoms with Crippen molar-refractivity contribution in [2.45, 2.75) is 19.1 Å². The normalized spacial score (nSPS) is 19.2. The highest BCUT2D eigenvalue weighted by atomic mass is 35.5. The lowest BCUT2D eigenvalue weighted by Gasteiger charge is -2.36. The lowest BCUT2D eigenvalue weighted by Crippen LogP contribution is -2.45. The summed E-state index contributed by atoms with van der Waals surface area (Å²) in [4.78, 5) is 34.0. The van der Waals surface area contributed by atoms with Crippen molar-refractivity contribution in [3.05, 3.63) is 59.5 Å². The maximum atomic E-state index is 12.0. The molecule has 2 aromatic heterocycles. The molecule has 1 saturated heterocycles. The van der Waals surface area contributed by atoms with Crippen LogP contribution in [0.1, 0.15) is 29.1 Å². The standard InChI is InChI=1S/C20H21ClN4O3/c1-4-19(26)25-10-12(2)28-17(11-25)14-8-15(24-18(21)9-14)13-5-6-23-16(7-13)20(27)22-3/h4-9,12,17H,1,10-11H2,2-3H3,(H,22,27)/t12-,17+/m1/s1. The number of nitrogens with one attached hydrogen (secondary N) is 1. The Labute approximate surface area is 168 Å². The molecule has 0 aliphatic carbocycles. The molecule has 2 aromatic rings. The van der Waals surface area contributed by atoms with Crippen molar-refractivity contribution in [1.29, 1.82) is 0 Å². The zero-order chi connectivity index (χ0) is 20.3. The van der Waals surface area contributed by atoms with E-state index in [1.807, 2.05) is 13.0 Å². The average molecular weight is 401 g/mol. The van der Waals surface area contributed by atoms with Gasteiger partial charge in [-0.2, -0.15) is 0 Å². The number of aromatic nitrogens is 2. The first kappa shape index (κ1) is 20.0. The van der Waals surface area contributed by atoms with E-state index in [-0.39, 0.29) is 29.7 Å². The number of nitrogens with zero attached hydrogens (tertiary/aromatic N) is 3. The van der Waals surface area contributed by atoms with Gasteiger partial charge in [-0.1, -0.05) is 18.2 Å². The second-order valence-electron chi connectivity index (χ2n) is 6.50. The first-order valence-electron chi connectivity index (χ1n) is 8.84. The van der Waals surface area contributed by atoms with Crippen molar-refractivity contribution in [3.63, 3.8) is 0 Å². The predicted molar refractivity (Wildman–Crippen MR) is 106 cm³/mol. The first-order chi connectivity index (χ1) is 13.4. The van der Waals surface area contributed by atoms with Crippen LogP contribution < -0.4 is 5.32 Å². The van der Waals surface area contributed by atoms with Crippen LogP contribution in [0.3, 0.4) is 0 Å². The quantitative estimate of drug-likeness (QED) is 0.630. The van der Waals surface area contributed by atoms with Crippen LogP contribution in [0, 0.1) is 0 Å². The third kappa shape index (κ3) is 4.37. The molecule has 0 saturated carbocycles. The molecule has 1 fully saturated rings. The van der Waals surface area contributed by atoms with Gasteiger partial charge >= 0.3 is 0 Å². The third-order valence-electron chi connectivity index (χ3n) is 4.45. The second kappa shape index (κ2) is 8.50. The minimum absolute atomic E-state index is 0.126. The molecular weight excluding hydrogens is 380 g/mol. The third-order valence-corrected chi connectivity index (χ3v) is 4.64. The predicted octanol–water partition coefficient (Wildman–Crippen LogP) is 2.63. The molecule has 7 nitrogen and oxygen atoms in total. The molecule has 1 aliphatic rings. The van der Waals surface area contributed by atoms with Gasteiger partial charge in [0.1, 0.15) is 17.0 Å². The monoisotopic (exact) mass is 400 g/mol. The Morgan fingerprint density at radius 1 is 1.36 bits per heavy atom. The molecule has 0 radical (unpaired) electrons. The lowest BCUT2D eigenvalue weighted by molar-refractivity contribution is -0.139. The van der Waals surface area contributed by atoms with Gasteiger partial charge in [-0.15, -0.1) is 0 Å². The fourth-order valence-electron chi connectivity index (χ4n) is 3.14. The molecule has 0 bridgehead atoms. The van der Waals surface area contributed by atoms with Crippen molar-refractivity contribution in [2.75, 3.05) is 20.1 Å². The van der Waals surface area contributed by atoms with Gasteiger partial charge in [0.25, 0.3) is 5.91 Å². The highest BCUT2D eigenvalue weighted by Crippen LogP contribution is 2.30. The number of morpholine rings is 1. The Balaban J connectivity index is 1.94. The number of amides is 2. The molecule has 3 rings (SSSR count). The van der Waals surface area contributed by atoms with Crippen LogP contribution in [0.15, 0.2) is 43.1 Å². The molecule has 2 atom stereocenters. The van der Waals surface area contributed by atoms with Crippen molar-refractivity contribution in [3.8, 4) is 11.3 Å². The summed E-state index contributed by atoms with van der Waals surface area (Å²) >= 11 is 6.25. The van der Waals surface area contributed by atoms with E-state index in [4.69, 9.17) is 16.3 Å². The maximum absolute atomic E-state index is 12.0. The van der Waals surface area contributed by atoms with E-state index in [9.17, 15) is 9.59 Å². The van der Waals surface area contributed by atoms with Crippen LogP contribution in [0.5, 0.6) is 0 Å². The van der Waals surface area contributed by atoms with Crippen LogP contribution >= 0.6 is 11.6 Å². The van der Waals surface area contributed by atoms with E-state index >= 15 is 0 Å². The molecule has 1 N–H and O–H groups in total. The molecule has 146 valence electrons. The Morgan fingerprint density at radius 3 is 2.86 bits per heavy atom. The molecule has 8 heteroatoms. The van der Waals surface area contributed by atoms with Crippen LogP contribution in [0.4, 0.5) is 0 Å². The molecule has 0 aromatic carbocycles. The van der Waals surface area contributed by atoms with E-state index in [0.717, 1.165) is 5.56 Å². The summed E-state index contributed by atoms with van der Waals surface area (Å²) in [5.41, 5.74) is 2.40. The van der Waals surface area contributed by atoms with Gasteiger partial charge in [0.05, 0.1) is 18.3 Å². The number of hydrogen-bond donors (Lipinski definition) is 1. The number of ether oxygens (including phenoxy) is 1. The Morgan fingerprint density at radius 2 is 2.14 bits per heavy atom. The van der Waals surface area contributed by atoms with Crippen LogP contribution in [0.2, 0.25) is 5.15 Å². The van der Waals surface area contributed by atoms with Crippen molar-refractivity contribution in [2.24, 2.45) is 0 Å². The minimum Gasteiger partial charge on any atom is -0.367 e. The summed E-state index contributed by atoms with van der Waals surface area (Å²) < 4.78 is 6.03. The minimum atomic E-state index is -0.341. The van der Waals surface area contributed by atoms with E-state index < -0.39 is 0 Å². The summed E-state index contributed by atoms with van der Waals surface area (Å²) in [7, 11) is 1.55. The summed E-state index contributed by atoms with van der Waals surface area (Å²) in [6.07, 6.45) is 2.38. The highest BCUT2D eigenvalue weighted by molar-refractivity contribution is 6.29. The average Bonchev–Trinajstić information content (AvgIpc) is 2.71. The van der Waals surface area contributed by atoms with Crippen LogP contribution in [-0.4, -0.2) is 52.9 Å². The zero-order valence-corrected chi connectivity index (χ0v) is 16.4. The van der Waals surface area contributed by atoms with Crippen molar-refractivity contribution < 1.29 is 14.3 Å². The lowest BCUT2D eigenvalue weighted by atomic mass is 10.0. The second-order valence-corrected chi connectivity index (χ2v) is 6.89. The smallest absolute Gasteiger partial charge is 0.269 e. The van der Waals surface area contributed by atoms with E-state index in [2.05, 4.69) is 21.9 Å². The molecular formula is C20H21ClN4O3. The fraction of sp³-hybridized carbons (Fsp3) is 0.300. The molecule has 1 aliphatic heterocycles. The first-order valence-corrected chi connectivity index (χ1v) is 9.22. The van der Waals surface area contributed by atoms with Gasteiger partial charge in [0, 0.05) is 25.4 Å². The summed E-state index contributed by atoms with van der Waals surface area (Å²) in [5, 5.41) is 2.85. The number of halogens is 1. The van der Waals surface area contributed by atoms with Crippen molar-refractivity contribution in [1.82, 2.24) is 20.2 Å². The van der Waals surface area contributed by atoms with Gasteiger partial charge in [-0.25, -0.2) is 4.98 Å². The largest absolute Gasteiger partial charge is 0.367 e. The number of pyridine rings is 2. The summed E-state index contributed by atoms with van der Waals surface area (Å²) in [6, 6.07) is 6.99. The molecule has 2 amide bonds. The molecule has 0 unspecified atom stereocenters. The van der Waals surface area contributed by atoms with Gasteiger partial charge in [0.15, 0.2) is 0 Å². The molecule has 0 spiro atoms.